The summed E-state index contributed by atoms with van der Waals surface area (Å²) < 4.78 is 5.26. The number of benzene rings is 2. The van der Waals surface area contributed by atoms with E-state index in [9.17, 15) is 4.79 Å². The highest BCUT2D eigenvalue weighted by atomic mass is 16.5. The molecule has 1 fully saturated rings. The number of hydrogen-bond acceptors (Lipinski definition) is 5. The van der Waals surface area contributed by atoms with Gasteiger partial charge in [-0.15, -0.1) is 0 Å². The molecule has 1 aliphatic rings. The third kappa shape index (κ3) is 3.06. The van der Waals surface area contributed by atoms with Crippen molar-refractivity contribution in [3.05, 3.63) is 54.4 Å². The van der Waals surface area contributed by atoms with Gasteiger partial charge in [-0.25, -0.2) is 9.97 Å². The van der Waals surface area contributed by atoms with E-state index in [1.54, 1.807) is 25.6 Å². The summed E-state index contributed by atoms with van der Waals surface area (Å²) in [6, 6.07) is 12.9. The molecule has 0 saturated carbocycles. The summed E-state index contributed by atoms with van der Waals surface area (Å²) in [6.45, 7) is 2.05. The first kappa shape index (κ1) is 16.3. The lowest BCUT2D eigenvalue weighted by atomic mass is 10.1. The van der Waals surface area contributed by atoms with Crippen LogP contribution < -0.4 is 15.0 Å². The third-order valence-corrected chi connectivity index (χ3v) is 4.63. The Morgan fingerprint density at radius 3 is 2.73 bits per heavy atom. The van der Waals surface area contributed by atoms with E-state index in [1.165, 1.54) is 12.8 Å². The Balaban J connectivity index is 1.62. The fraction of sp³-hybridized carbons (Fsp3) is 0.250. The molecule has 1 saturated heterocycles. The standard InChI is InChI=1S/C20H20N4O2/c1-26-18-7-3-2-6-16(18)20(25)23-14-8-9-15-17(12-14)21-13-22-19(15)24-10-4-5-11-24/h2-3,6-9,12-13H,4-5,10-11H2,1H3,(H,23,25). The van der Waals surface area contributed by atoms with Crippen molar-refractivity contribution in [2.24, 2.45) is 0 Å². The summed E-state index contributed by atoms with van der Waals surface area (Å²) in [5, 5.41) is 3.93. The lowest BCUT2D eigenvalue weighted by Gasteiger charge is -2.18. The highest BCUT2D eigenvalue weighted by Gasteiger charge is 2.17. The number of rotatable bonds is 4. The summed E-state index contributed by atoms with van der Waals surface area (Å²) in [5.41, 5.74) is 2.01. The summed E-state index contributed by atoms with van der Waals surface area (Å²) in [5.74, 6) is 1.30. The second kappa shape index (κ2) is 7.00. The number of aromatic nitrogens is 2. The number of methoxy groups -OCH3 is 1. The van der Waals surface area contributed by atoms with Crippen LogP contribution in [-0.2, 0) is 0 Å². The quantitative estimate of drug-likeness (QED) is 0.782. The second-order valence-corrected chi connectivity index (χ2v) is 6.28. The molecule has 3 aromatic rings. The number of carbonyl (C=O) groups excluding carboxylic acids is 1. The van der Waals surface area contributed by atoms with Gasteiger partial charge in [0.15, 0.2) is 0 Å². The number of hydrogen-bond donors (Lipinski definition) is 1. The van der Waals surface area contributed by atoms with Gasteiger partial charge in [0.05, 0.1) is 18.2 Å². The minimum absolute atomic E-state index is 0.212. The Labute approximate surface area is 151 Å². The molecule has 1 aliphatic heterocycles. The van der Waals surface area contributed by atoms with Gasteiger partial charge in [0.1, 0.15) is 17.9 Å². The van der Waals surface area contributed by atoms with Crippen LogP contribution in [0.1, 0.15) is 23.2 Å². The zero-order valence-corrected chi connectivity index (χ0v) is 14.6. The van der Waals surface area contributed by atoms with Gasteiger partial charge in [-0.2, -0.15) is 0 Å². The zero-order valence-electron chi connectivity index (χ0n) is 14.6. The zero-order chi connectivity index (χ0) is 17.9. The molecule has 0 radical (unpaired) electrons. The second-order valence-electron chi connectivity index (χ2n) is 6.28. The van der Waals surface area contributed by atoms with Crippen molar-refractivity contribution in [1.29, 1.82) is 0 Å². The molecule has 0 unspecified atom stereocenters. The predicted octanol–water partition coefficient (Wildman–Crippen LogP) is 3.49. The molecule has 26 heavy (non-hydrogen) atoms. The van der Waals surface area contributed by atoms with Crippen molar-refractivity contribution in [3.8, 4) is 5.75 Å². The molecule has 1 N–H and O–H groups in total. The van der Waals surface area contributed by atoms with E-state index < -0.39 is 0 Å². The number of para-hydroxylation sites is 1. The normalized spacial score (nSPS) is 13.8. The minimum atomic E-state index is -0.212. The Morgan fingerprint density at radius 1 is 1.12 bits per heavy atom. The lowest BCUT2D eigenvalue weighted by molar-refractivity contribution is 0.102. The molecular formula is C20H20N4O2. The number of carbonyl (C=O) groups is 1. The Kier molecular flexibility index (Phi) is 4.39. The van der Waals surface area contributed by atoms with Crippen LogP contribution in [0.4, 0.5) is 11.5 Å². The minimum Gasteiger partial charge on any atom is -0.496 e. The van der Waals surface area contributed by atoms with Crippen LogP contribution in [0, 0.1) is 0 Å². The van der Waals surface area contributed by atoms with Gasteiger partial charge in [-0.05, 0) is 43.2 Å². The number of anilines is 2. The Hall–Kier alpha value is -3.15. The molecule has 0 bridgehead atoms. The van der Waals surface area contributed by atoms with Crippen molar-refractivity contribution in [3.63, 3.8) is 0 Å². The number of nitrogens with zero attached hydrogens (tertiary/aromatic N) is 3. The predicted molar refractivity (Wildman–Crippen MR) is 102 cm³/mol. The third-order valence-electron chi connectivity index (χ3n) is 4.63. The number of amides is 1. The van der Waals surface area contributed by atoms with Crippen LogP contribution in [0.25, 0.3) is 10.9 Å². The summed E-state index contributed by atoms with van der Waals surface area (Å²) >= 11 is 0. The van der Waals surface area contributed by atoms with Gasteiger partial charge in [0.25, 0.3) is 5.91 Å². The smallest absolute Gasteiger partial charge is 0.259 e. The van der Waals surface area contributed by atoms with E-state index in [0.717, 1.165) is 29.8 Å². The number of ether oxygens (including phenoxy) is 1. The van der Waals surface area contributed by atoms with Gasteiger partial charge in [0.2, 0.25) is 0 Å². The first-order valence-corrected chi connectivity index (χ1v) is 8.70. The van der Waals surface area contributed by atoms with Crippen molar-refractivity contribution >= 4 is 28.3 Å². The van der Waals surface area contributed by atoms with Crippen LogP contribution in [0.15, 0.2) is 48.8 Å². The molecule has 2 heterocycles. The molecular weight excluding hydrogens is 328 g/mol. The highest BCUT2D eigenvalue weighted by Crippen LogP contribution is 2.28. The maximum Gasteiger partial charge on any atom is 0.259 e. The van der Waals surface area contributed by atoms with E-state index >= 15 is 0 Å². The largest absolute Gasteiger partial charge is 0.496 e. The fourth-order valence-electron chi connectivity index (χ4n) is 3.33. The van der Waals surface area contributed by atoms with E-state index in [4.69, 9.17) is 4.74 Å². The van der Waals surface area contributed by atoms with Crippen LogP contribution in [0.3, 0.4) is 0 Å². The first-order chi connectivity index (χ1) is 12.8. The average Bonchev–Trinajstić information content (AvgIpc) is 3.22. The van der Waals surface area contributed by atoms with Gasteiger partial charge in [-0.1, -0.05) is 12.1 Å². The molecule has 1 amide bonds. The molecule has 132 valence electrons. The van der Waals surface area contributed by atoms with Crippen molar-refractivity contribution in [1.82, 2.24) is 9.97 Å². The van der Waals surface area contributed by atoms with Gasteiger partial charge in [0, 0.05) is 24.2 Å². The maximum atomic E-state index is 12.6. The summed E-state index contributed by atoms with van der Waals surface area (Å²) in [6.07, 6.45) is 3.97. The molecule has 0 atom stereocenters. The van der Waals surface area contributed by atoms with Crippen molar-refractivity contribution in [2.75, 3.05) is 30.4 Å². The van der Waals surface area contributed by atoms with Gasteiger partial charge < -0.3 is 15.0 Å². The molecule has 6 heteroatoms. The molecule has 2 aromatic carbocycles. The number of nitrogens with one attached hydrogen (secondary N) is 1. The average molecular weight is 348 g/mol. The van der Waals surface area contributed by atoms with E-state index in [2.05, 4.69) is 20.2 Å². The van der Waals surface area contributed by atoms with E-state index in [1.807, 2.05) is 30.3 Å². The monoisotopic (exact) mass is 348 g/mol. The fourth-order valence-corrected chi connectivity index (χ4v) is 3.33. The van der Waals surface area contributed by atoms with Crippen LogP contribution >= 0.6 is 0 Å². The highest BCUT2D eigenvalue weighted by molar-refractivity contribution is 6.07. The Morgan fingerprint density at radius 2 is 1.92 bits per heavy atom. The number of fused-ring (bicyclic) bond motifs is 1. The maximum absolute atomic E-state index is 12.6. The van der Waals surface area contributed by atoms with Gasteiger partial charge in [-0.3, -0.25) is 4.79 Å². The van der Waals surface area contributed by atoms with Crippen molar-refractivity contribution < 1.29 is 9.53 Å². The lowest BCUT2D eigenvalue weighted by Crippen LogP contribution is -2.19. The summed E-state index contributed by atoms with van der Waals surface area (Å²) in [7, 11) is 1.55. The van der Waals surface area contributed by atoms with E-state index in [-0.39, 0.29) is 5.91 Å². The van der Waals surface area contributed by atoms with Crippen LogP contribution in [-0.4, -0.2) is 36.1 Å². The van der Waals surface area contributed by atoms with Crippen molar-refractivity contribution in [2.45, 2.75) is 12.8 Å². The topological polar surface area (TPSA) is 67.3 Å². The molecule has 1 aromatic heterocycles. The summed E-state index contributed by atoms with van der Waals surface area (Å²) in [4.78, 5) is 23.7. The molecule has 6 nitrogen and oxygen atoms in total. The van der Waals surface area contributed by atoms with Gasteiger partial charge >= 0.3 is 0 Å². The molecule has 0 aliphatic carbocycles. The Bertz CT molecular complexity index is 951. The molecule has 4 rings (SSSR count). The SMILES string of the molecule is COc1ccccc1C(=O)Nc1ccc2c(N3CCCC3)ncnc2c1. The van der Waals surface area contributed by atoms with Crippen LogP contribution in [0.2, 0.25) is 0 Å². The van der Waals surface area contributed by atoms with Crippen LogP contribution in [0.5, 0.6) is 5.75 Å². The first-order valence-electron chi connectivity index (χ1n) is 8.70. The van der Waals surface area contributed by atoms with E-state index in [0.29, 0.717) is 17.0 Å². The molecule has 0 spiro atoms.